The van der Waals surface area contributed by atoms with Crippen LogP contribution in [0.4, 0.5) is 0 Å². The Bertz CT molecular complexity index is 229. The van der Waals surface area contributed by atoms with Gasteiger partial charge in [-0.05, 0) is 13.8 Å². The number of primary amides is 1. The van der Waals surface area contributed by atoms with E-state index in [1.165, 1.54) is 6.07 Å². The predicted molar refractivity (Wildman–Crippen MR) is 41.6 cm³/mol. The molecule has 66 valence electrons. The maximum absolute atomic E-state index is 11.0. The maximum atomic E-state index is 11.0. The maximum Gasteiger partial charge on any atom is 0.247 e. The molecule has 0 aliphatic heterocycles. The van der Waals surface area contributed by atoms with Gasteiger partial charge in [-0.1, -0.05) is 0 Å². The van der Waals surface area contributed by atoms with E-state index in [0.717, 1.165) is 0 Å². The van der Waals surface area contributed by atoms with Gasteiger partial charge in [0.2, 0.25) is 17.7 Å². The van der Waals surface area contributed by atoms with Crippen molar-refractivity contribution in [1.29, 1.82) is 5.26 Å². The Morgan fingerprint density at radius 3 is 2.25 bits per heavy atom. The quantitative estimate of drug-likeness (QED) is 0.538. The van der Waals surface area contributed by atoms with Crippen LogP contribution in [0.5, 0.6) is 0 Å². The minimum atomic E-state index is -1.38. The van der Waals surface area contributed by atoms with E-state index in [9.17, 15) is 9.59 Å². The molecule has 0 spiro atoms. The molecule has 0 aliphatic carbocycles. The Balaban J connectivity index is 4.26. The van der Waals surface area contributed by atoms with Crippen LogP contribution in [0.3, 0.4) is 0 Å². The first-order valence-corrected chi connectivity index (χ1v) is 3.48. The average Bonchev–Trinajstić information content (AvgIpc) is 1.85. The number of nitrogens with two attached hydrogens (primary N) is 1. The summed E-state index contributed by atoms with van der Waals surface area (Å²) in [5.74, 6) is -2.94. The first-order chi connectivity index (χ1) is 5.49. The van der Waals surface area contributed by atoms with Crippen LogP contribution < -0.4 is 11.1 Å². The van der Waals surface area contributed by atoms with Crippen molar-refractivity contribution in [3.8, 4) is 6.07 Å². The summed E-state index contributed by atoms with van der Waals surface area (Å²) in [4.78, 5) is 21.5. The molecule has 5 nitrogen and oxygen atoms in total. The zero-order valence-electron chi connectivity index (χ0n) is 7.00. The standard InChI is InChI=1S/C7H11N3O2/c1-4(2)10-7(12)5(3-8)6(9)11/h4-5H,1-2H3,(H2,9,11)(H,10,12). The van der Waals surface area contributed by atoms with E-state index in [4.69, 9.17) is 11.0 Å². The molecule has 0 saturated carbocycles. The lowest BCUT2D eigenvalue weighted by atomic mass is 10.1. The zero-order valence-corrected chi connectivity index (χ0v) is 7.00. The smallest absolute Gasteiger partial charge is 0.247 e. The van der Waals surface area contributed by atoms with E-state index in [2.05, 4.69) is 5.32 Å². The van der Waals surface area contributed by atoms with E-state index in [1.54, 1.807) is 13.8 Å². The van der Waals surface area contributed by atoms with Gasteiger partial charge in [0.05, 0.1) is 6.07 Å². The Hall–Kier alpha value is -1.57. The summed E-state index contributed by atoms with van der Waals surface area (Å²) in [5.41, 5.74) is 4.80. The lowest BCUT2D eigenvalue weighted by molar-refractivity contribution is -0.131. The highest BCUT2D eigenvalue weighted by atomic mass is 16.2. The van der Waals surface area contributed by atoms with Crippen molar-refractivity contribution in [1.82, 2.24) is 5.32 Å². The molecule has 0 aliphatic rings. The Morgan fingerprint density at radius 2 is 2.00 bits per heavy atom. The fourth-order valence-corrected chi connectivity index (χ4v) is 0.619. The Kier molecular flexibility index (Phi) is 3.77. The molecular formula is C7H11N3O2. The fourth-order valence-electron chi connectivity index (χ4n) is 0.619. The fraction of sp³-hybridized carbons (Fsp3) is 0.571. The number of rotatable bonds is 3. The van der Waals surface area contributed by atoms with Gasteiger partial charge in [-0.15, -0.1) is 0 Å². The number of amides is 2. The second-order valence-corrected chi connectivity index (χ2v) is 2.63. The summed E-state index contributed by atoms with van der Waals surface area (Å²) in [5, 5.41) is 10.8. The molecule has 12 heavy (non-hydrogen) atoms. The average molecular weight is 169 g/mol. The van der Waals surface area contributed by atoms with Gasteiger partial charge in [0.15, 0.2) is 0 Å². The van der Waals surface area contributed by atoms with Crippen molar-refractivity contribution >= 4 is 11.8 Å². The molecule has 1 atom stereocenters. The number of carbonyl (C=O) groups is 2. The van der Waals surface area contributed by atoms with Crippen molar-refractivity contribution in [2.75, 3.05) is 0 Å². The minimum absolute atomic E-state index is 0.104. The highest BCUT2D eigenvalue weighted by molar-refractivity contribution is 6.02. The number of nitrogens with zero attached hydrogens (tertiary/aromatic N) is 1. The van der Waals surface area contributed by atoms with Crippen LogP contribution in [0.15, 0.2) is 0 Å². The number of hydrogen-bond donors (Lipinski definition) is 2. The number of hydrogen-bond acceptors (Lipinski definition) is 3. The van der Waals surface area contributed by atoms with Gasteiger partial charge in [0.25, 0.3) is 0 Å². The first kappa shape index (κ1) is 10.4. The number of carbonyl (C=O) groups excluding carboxylic acids is 2. The van der Waals surface area contributed by atoms with Crippen LogP contribution in [0.25, 0.3) is 0 Å². The molecule has 0 rings (SSSR count). The molecule has 2 amide bonds. The topological polar surface area (TPSA) is 96.0 Å². The van der Waals surface area contributed by atoms with Crippen LogP contribution >= 0.6 is 0 Å². The number of nitrogens with one attached hydrogen (secondary N) is 1. The molecule has 5 heteroatoms. The van der Waals surface area contributed by atoms with Crippen molar-refractivity contribution in [2.45, 2.75) is 19.9 Å². The molecule has 0 aromatic rings. The summed E-state index contributed by atoms with van der Waals surface area (Å²) >= 11 is 0. The van der Waals surface area contributed by atoms with Crippen molar-refractivity contribution in [3.63, 3.8) is 0 Å². The lowest BCUT2D eigenvalue weighted by Crippen LogP contribution is -2.40. The van der Waals surface area contributed by atoms with Crippen LogP contribution in [0, 0.1) is 17.2 Å². The highest BCUT2D eigenvalue weighted by Gasteiger charge is 2.23. The third-order valence-corrected chi connectivity index (χ3v) is 1.11. The largest absolute Gasteiger partial charge is 0.368 e. The molecule has 0 fully saturated rings. The molecule has 0 heterocycles. The van der Waals surface area contributed by atoms with E-state index in [1.807, 2.05) is 0 Å². The predicted octanol–water partition coefficient (Wildman–Crippen LogP) is -0.864. The normalized spacial score (nSPS) is 11.8. The molecule has 1 unspecified atom stereocenters. The van der Waals surface area contributed by atoms with E-state index in [0.29, 0.717) is 0 Å². The third-order valence-electron chi connectivity index (χ3n) is 1.11. The van der Waals surface area contributed by atoms with E-state index >= 15 is 0 Å². The summed E-state index contributed by atoms with van der Waals surface area (Å²) in [7, 11) is 0. The number of nitriles is 1. The molecule has 0 saturated heterocycles. The second kappa shape index (κ2) is 4.34. The first-order valence-electron chi connectivity index (χ1n) is 3.48. The molecule has 0 aromatic carbocycles. The second-order valence-electron chi connectivity index (χ2n) is 2.63. The van der Waals surface area contributed by atoms with Crippen molar-refractivity contribution in [2.24, 2.45) is 11.7 Å². The monoisotopic (exact) mass is 169 g/mol. The summed E-state index contributed by atoms with van der Waals surface area (Å²) in [6, 6.07) is 1.42. The molecule has 0 bridgehead atoms. The zero-order chi connectivity index (χ0) is 9.72. The third kappa shape index (κ3) is 3.01. The summed E-state index contributed by atoms with van der Waals surface area (Å²) in [6.45, 7) is 3.46. The highest BCUT2D eigenvalue weighted by Crippen LogP contribution is 1.93. The molecular weight excluding hydrogens is 158 g/mol. The van der Waals surface area contributed by atoms with Crippen LogP contribution in [-0.4, -0.2) is 17.9 Å². The van der Waals surface area contributed by atoms with Gasteiger partial charge in [0, 0.05) is 6.04 Å². The van der Waals surface area contributed by atoms with Crippen LogP contribution in [0.2, 0.25) is 0 Å². The SMILES string of the molecule is CC(C)NC(=O)C(C#N)C(N)=O. The van der Waals surface area contributed by atoms with E-state index in [-0.39, 0.29) is 6.04 Å². The molecule has 0 radical (unpaired) electrons. The van der Waals surface area contributed by atoms with Crippen LogP contribution in [0.1, 0.15) is 13.8 Å². The van der Waals surface area contributed by atoms with Gasteiger partial charge < -0.3 is 11.1 Å². The van der Waals surface area contributed by atoms with Crippen molar-refractivity contribution < 1.29 is 9.59 Å². The van der Waals surface area contributed by atoms with Crippen molar-refractivity contribution in [3.05, 3.63) is 0 Å². The summed E-state index contributed by atoms with van der Waals surface area (Å²) < 4.78 is 0. The Morgan fingerprint density at radius 1 is 1.50 bits per heavy atom. The van der Waals surface area contributed by atoms with Gasteiger partial charge in [-0.2, -0.15) is 5.26 Å². The Labute approximate surface area is 70.5 Å². The van der Waals surface area contributed by atoms with Crippen LogP contribution in [-0.2, 0) is 9.59 Å². The van der Waals surface area contributed by atoms with Gasteiger partial charge in [0.1, 0.15) is 0 Å². The van der Waals surface area contributed by atoms with Gasteiger partial charge >= 0.3 is 0 Å². The van der Waals surface area contributed by atoms with E-state index < -0.39 is 17.7 Å². The van der Waals surface area contributed by atoms with Gasteiger partial charge in [-0.25, -0.2) is 0 Å². The summed E-state index contributed by atoms with van der Waals surface area (Å²) in [6.07, 6.45) is 0. The molecule has 0 aromatic heterocycles. The van der Waals surface area contributed by atoms with Gasteiger partial charge in [-0.3, -0.25) is 9.59 Å². The minimum Gasteiger partial charge on any atom is -0.368 e. The molecule has 3 N–H and O–H groups in total. The lowest BCUT2D eigenvalue weighted by Gasteiger charge is -2.09.